The molecule has 0 amide bonds. The van der Waals surface area contributed by atoms with Crippen LogP contribution in [0.1, 0.15) is 24.1 Å². The second kappa shape index (κ2) is 7.49. The van der Waals surface area contributed by atoms with Crippen LogP contribution in [-0.4, -0.2) is 52.3 Å². The molecular weight excluding hydrogens is 296 g/mol. The van der Waals surface area contributed by atoms with Gasteiger partial charge < -0.3 is 4.90 Å². The summed E-state index contributed by atoms with van der Waals surface area (Å²) in [6, 6.07) is 13.0. The molecule has 1 fully saturated rings. The molecule has 0 bridgehead atoms. The lowest BCUT2D eigenvalue weighted by Gasteiger charge is -2.27. The maximum atomic E-state index is 4.57. The molecule has 1 aromatic heterocycles. The van der Waals surface area contributed by atoms with E-state index in [0.717, 1.165) is 26.1 Å². The van der Waals surface area contributed by atoms with Crippen LogP contribution in [0, 0.1) is 5.92 Å². The molecule has 2 aliphatic heterocycles. The third-order valence-electron chi connectivity index (χ3n) is 5.41. The van der Waals surface area contributed by atoms with Crippen LogP contribution in [0.2, 0.25) is 0 Å². The van der Waals surface area contributed by atoms with Gasteiger partial charge in [0.15, 0.2) is 0 Å². The lowest BCUT2D eigenvalue weighted by Crippen LogP contribution is -2.36. The van der Waals surface area contributed by atoms with Crippen LogP contribution in [0.25, 0.3) is 0 Å². The first kappa shape index (κ1) is 15.9. The minimum atomic E-state index is 0.681. The van der Waals surface area contributed by atoms with Crippen molar-refractivity contribution in [2.24, 2.45) is 5.92 Å². The molecule has 0 radical (unpaired) electrons. The van der Waals surface area contributed by atoms with E-state index < -0.39 is 0 Å². The summed E-state index contributed by atoms with van der Waals surface area (Å²) in [6.45, 7) is 8.21. The standard InChI is InChI=1S/C20H28N4/c1-2-6-18(7-3-1)9-13-23-15-19(14-22-11-4-5-12-22)16-24-20(17-23)8-10-21-24/h1-3,6-8,10,19H,4-5,9,11-17H2/t19-/m1/s1. The van der Waals surface area contributed by atoms with Gasteiger partial charge in [-0.15, -0.1) is 0 Å². The summed E-state index contributed by atoms with van der Waals surface area (Å²) in [5.41, 5.74) is 2.80. The quantitative estimate of drug-likeness (QED) is 0.845. The first-order valence-electron chi connectivity index (χ1n) is 9.36. The highest BCUT2D eigenvalue weighted by Gasteiger charge is 2.25. The monoisotopic (exact) mass is 324 g/mol. The Hall–Kier alpha value is -1.65. The fourth-order valence-electron chi connectivity index (χ4n) is 4.17. The molecule has 0 spiro atoms. The summed E-state index contributed by atoms with van der Waals surface area (Å²) in [4.78, 5) is 5.28. The van der Waals surface area contributed by atoms with E-state index in [0.29, 0.717) is 5.92 Å². The highest BCUT2D eigenvalue weighted by Crippen LogP contribution is 2.19. The van der Waals surface area contributed by atoms with Crippen LogP contribution in [-0.2, 0) is 19.5 Å². The average Bonchev–Trinajstić information content (AvgIpc) is 3.23. The van der Waals surface area contributed by atoms with Crippen molar-refractivity contribution in [3.63, 3.8) is 0 Å². The van der Waals surface area contributed by atoms with Gasteiger partial charge in [-0.05, 0) is 44.0 Å². The second-order valence-electron chi connectivity index (χ2n) is 7.35. The molecule has 2 aromatic rings. The Morgan fingerprint density at radius 3 is 2.62 bits per heavy atom. The lowest BCUT2D eigenvalue weighted by atomic mass is 10.1. The van der Waals surface area contributed by atoms with Gasteiger partial charge in [-0.25, -0.2) is 0 Å². The fourth-order valence-corrected chi connectivity index (χ4v) is 4.17. The Kier molecular flexibility index (Phi) is 4.95. The minimum absolute atomic E-state index is 0.681. The van der Waals surface area contributed by atoms with Crippen molar-refractivity contribution < 1.29 is 0 Å². The number of fused-ring (bicyclic) bond motifs is 1. The van der Waals surface area contributed by atoms with Gasteiger partial charge in [0, 0.05) is 44.8 Å². The topological polar surface area (TPSA) is 24.3 Å². The third kappa shape index (κ3) is 3.87. The van der Waals surface area contributed by atoms with Crippen LogP contribution in [0.15, 0.2) is 42.6 Å². The number of likely N-dealkylation sites (tertiary alicyclic amines) is 1. The molecule has 4 heteroatoms. The van der Waals surface area contributed by atoms with Gasteiger partial charge in [0.05, 0.1) is 5.69 Å². The highest BCUT2D eigenvalue weighted by atomic mass is 15.3. The van der Waals surface area contributed by atoms with Crippen molar-refractivity contribution >= 4 is 0 Å². The van der Waals surface area contributed by atoms with E-state index in [-0.39, 0.29) is 0 Å². The van der Waals surface area contributed by atoms with E-state index in [2.05, 4.69) is 56.0 Å². The fraction of sp³-hybridized carbons (Fsp3) is 0.550. The molecule has 128 valence electrons. The molecule has 1 atom stereocenters. The molecule has 0 unspecified atom stereocenters. The average molecular weight is 324 g/mol. The number of aromatic nitrogens is 2. The van der Waals surface area contributed by atoms with Crippen LogP contribution in [0.5, 0.6) is 0 Å². The van der Waals surface area contributed by atoms with Gasteiger partial charge in [0.1, 0.15) is 0 Å². The SMILES string of the molecule is c1ccc(CCN2Cc3ccnn3C[C@H](CN3CCCC3)C2)cc1. The smallest absolute Gasteiger partial charge is 0.0524 e. The maximum absolute atomic E-state index is 4.57. The highest BCUT2D eigenvalue weighted by molar-refractivity contribution is 5.15. The van der Waals surface area contributed by atoms with E-state index in [9.17, 15) is 0 Å². The predicted octanol–water partition coefficient (Wildman–Crippen LogP) is 2.65. The van der Waals surface area contributed by atoms with Gasteiger partial charge >= 0.3 is 0 Å². The normalized spacial score (nSPS) is 22.4. The molecule has 0 saturated carbocycles. The number of rotatable bonds is 5. The summed E-state index contributed by atoms with van der Waals surface area (Å²) < 4.78 is 2.24. The number of benzene rings is 1. The van der Waals surface area contributed by atoms with Gasteiger partial charge in [0.25, 0.3) is 0 Å². The van der Waals surface area contributed by atoms with Crippen molar-refractivity contribution in [2.45, 2.75) is 32.4 Å². The van der Waals surface area contributed by atoms with Crippen molar-refractivity contribution in [3.05, 3.63) is 53.9 Å². The second-order valence-corrected chi connectivity index (χ2v) is 7.35. The molecule has 2 aliphatic rings. The van der Waals surface area contributed by atoms with Crippen molar-refractivity contribution in [3.8, 4) is 0 Å². The summed E-state index contributed by atoms with van der Waals surface area (Å²) in [7, 11) is 0. The van der Waals surface area contributed by atoms with Crippen LogP contribution in [0.3, 0.4) is 0 Å². The number of hydrogen-bond donors (Lipinski definition) is 0. The van der Waals surface area contributed by atoms with E-state index in [1.165, 1.54) is 50.3 Å². The Morgan fingerprint density at radius 2 is 1.79 bits per heavy atom. The summed E-state index contributed by atoms with van der Waals surface area (Å²) in [6.07, 6.45) is 5.84. The van der Waals surface area contributed by atoms with E-state index in [4.69, 9.17) is 0 Å². The summed E-state index contributed by atoms with van der Waals surface area (Å²) >= 11 is 0. The van der Waals surface area contributed by atoms with Crippen LogP contribution >= 0.6 is 0 Å². The first-order chi connectivity index (χ1) is 11.9. The Balaban J connectivity index is 1.42. The molecule has 4 rings (SSSR count). The zero-order valence-corrected chi connectivity index (χ0v) is 14.5. The summed E-state index contributed by atoms with van der Waals surface area (Å²) in [5, 5.41) is 4.57. The first-order valence-corrected chi connectivity index (χ1v) is 9.36. The lowest BCUT2D eigenvalue weighted by molar-refractivity contribution is 0.188. The van der Waals surface area contributed by atoms with Crippen molar-refractivity contribution in [1.82, 2.24) is 19.6 Å². The minimum Gasteiger partial charge on any atom is -0.303 e. The Bertz CT molecular complexity index is 630. The molecule has 0 aliphatic carbocycles. The zero-order valence-electron chi connectivity index (χ0n) is 14.5. The van der Waals surface area contributed by atoms with E-state index in [1.807, 2.05) is 6.20 Å². The van der Waals surface area contributed by atoms with Gasteiger partial charge in [-0.2, -0.15) is 5.10 Å². The van der Waals surface area contributed by atoms with E-state index in [1.54, 1.807) is 0 Å². The molecule has 4 nitrogen and oxygen atoms in total. The van der Waals surface area contributed by atoms with Gasteiger partial charge in [-0.1, -0.05) is 30.3 Å². The molecule has 1 saturated heterocycles. The largest absolute Gasteiger partial charge is 0.303 e. The van der Waals surface area contributed by atoms with Crippen molar-refractivity contribution in [1.29, 1.82) is 0 Å². The molecule has 0 N–H and O–H groups in total. The van der Waals surface area contributed by atoms with Crippen LogP contribution < -0.4 is 0 Å². The predicted molar refractivity (Wildman–Crippen MR) is 96.8 cm³/mol. The zero-order chi connectivity index (χ0) is 16.2. The van der Waals surface area contributed by atoms with Crippen molar-refractivity contribution in [2.75, 3.05) is 32.7 Å². The number of hydrogen-bond acceptors (Lipinski definition) is 3. The van der Waals surface area contributed by atoms with Gasteiger partial charge in [-0.3, -0.25) is 9.58 Å². The maximum Gasteiger partial charge on any atom is 0.0524 e. The summed E-state index contributed by atoms with van der Waals surface area (Å²) in [5.74, 6) is 0.681. The third-order valence-corrected chi connectivity index (χ3v) is 5.41. The number of nitrogens with zero attached hydrogens (tertiary/aromatic N) is 4. The van der Waals surface area contributed by atoms with E-state index >= 15 is 0 Å². The molecule has 24 heavy (non-hydrogen) atoms. The Morgan fingerprint density at radius 1 is 0.958 bits per heavy atom. The van der Waals surface area contributed by atoms with Gasteiger partial charge in [0.2, 0.25) is 0 Å². The molecule has 1 aromatic carbocycles. The van der Waals surface area contributed by atoms with Crippen LogP contribution in [0.4, 0.5) is 0 Å². The Labute approximate surface area is 145 Å². The molecular formula is C20H28N4. The molecule has 3 heterocycles.